The molecule has 1 aromatic heterocycles. The van der Waals surface area contributed by atoms with E-state index in [4.69, 9.17) is 4.74 Å². The Hall–Kier alpha value is -2.20. The van der Waals surface area contributed by atoms with Crippen molar-refractivity contribution in [3.63, 3.8) is 0 Å². The fraction of sp³-hybridized carbons (Fsp3) is 0.0588. The van der Waals surface area contributed by atoms with E-state index in [-0.39, 0.29) is 0 Å². The molecular formula is C17H12BrNO2. The highest BCUT2D eigenvalue weighted by molar-refractivity contribution is 9.10. The van der Waals surface area contributed by atoms with Gasteiger partial charge in [-0.2, -0.15) is 0 Å². The van der Waals surface area contributed by atoms with Crippen LogP contribution >= 0.6 is 15.9 Å². The third-order valence-corrected chi connectivity index (χ3v) is 3.97. The molecule has 1 heterocycles. The quantitative estimate of drug-likeness (QED) is 0.635. The molecule has 0 atom stereocenters. The predicted molar refractivity (Wildman–Crippen MR) is 86.1 cm³/mol. The van der Waals surface area contributed by atoms with Crippen LogP contribution in [0.15, 0.2) is 53.3 Å². The zero-order chi connectivity index (χ0) is 14.8. The largest absolute Gasteiger partial charge is 0.456 e. The van der Waals surface area contributed by atoms with Gasteiger partial charge in [-0.25, -0.2) is 0 Å². The molecule has 0 spiro atoms. The van der Waals surface area contributed by atoms with Crippen LogP contribution in [0.3, 0.4) is 0 Å². The van der Waals surface area contributed by atoms with E-state index in [2.05, 4.69) is 20.9 Å². The van der Waals surface area contributed by atoms with Crippen molar-refractivity contribution in [2.75, 3.05) is 0 Å². The van der Waals surface area contributed by atoms with E-state index in [1.54, 1.807) is 18.5 Å². The molecule has 3 rings (SSSR count). The summed E-state index contributed by atoms with van der Waals surface area (Å²) >= 11 is 3.37. The van der Waals surface area contributed by atoms with Gasteiger partial charge in [-0.15, -0.1) is 0 Å². The smallest absolute Gasteiger partial charge is 0.151 e. The molecule has 0 unspecified atom stereocenters. The second-order valence-electron chi connectivity index (χ2n) is 4.71. The van der Waals surface area contributed by atoms with Crippen molar-refractivity contribution in [3.05, 3.63) is 64.4 Å². The first kappa shape index (κ1) is 13.8. The Morgan fingerprint density at radius 2 is 2.05 bits per heavy atom. The summed E-state index contributed by atoms with van der Waals surface area (Å²) in [6, 6.07) is 11.4. The van der Waals surface area contributed by atoms with E-state index in [0.29, 0.717) is 11.3 Å². The van der Waals surface area contributed by atoms with Gasteiger partial charge in [0.2, 0.25) is 0 Å². The number of carbonyl (C=O) groups excluding carboxylic acids is 1. The van der Waals surface area contributed by atoms with E-state index in [0.717, 1.165) is 32.8 Å². The number of halogens is 1. The van der Waals surface area contributed by atoms with Crippen LogP contribution < -0.4 is 4.74 Å². The molecule has 0 saturated carbocycles. The zero-order valence-corrected chi connectivity index (χ0v) is 12.9. The van der Waals surface area contributed by atoms with Gasteiger partial charge in [0.1, 0.15) is 11.5 Å². The van der Waals surface area contributed by atoms with Crippen LogP contribution in [0, 0.1) is 6.92 Å². The third-order valence-electron chi connectivity index (χ3n) is 3.28. The molecule has 0 fully saturated rings. The molecule has 0 N–H and O–H groups in total. The maximum absolute atomic E-state index is 11.1. The van der Waals surface area contributed by atoms with Gasteiger partial charge in [0.05, 0.1) is 0 Å². The minimum atomic E-state index is 0.567. The highest BCUT2D eigenvalue weighted by atomic mass is 79.9. The molecule has 0 aliphatic carbocycles. The number of aldehydes is 1. The summed E-state index contributed by atoms with van der Waals surface area (Å²) in [5.41, 5.74) is 1.52. The van der Waals surface area contributed by atoms with Crippen molar-refractivity contribution >= 4 is 33.0 Å². The molecule has 3 nitrogen and oxygen atoms in total. The summed E-state index contributed by atoms with van der Waals surface area (Å²) in [7, 11) is 0. The van der Waals surface area contributed by atoms with Gasteiger partial charge in [0.15, 0.2) is 6.29 Å². The summed E-state index contributed by atoms with van der Waals surface area (Å²) in [6.07, 6.45) is 4.34. The zero-order valence-electron chi connectivity index (χ0n) is 11.3. The predicted octanol–water partition coefficient (Wildman–Crippen LogP) is 4.91. The van der Waals surface area contributed by atoms with Gasteiger partial charge in [-0.1, -0.05) is 28.1 Å². The molecular weight excluding hydrogens is 330 g/mol. The molecule has 4 heteroatoms. The van der Waals surface area contributed by atoms with E-state index < -0.39 is 0 Å². The Balaban J connectivity index is 2.09. The minimum absolute atomic E-state index is 0.567. The van der Waals surface area contributed by atoms with Crippen molar-refractivity contribution in [2.45, 2.75) is 6.92 Å². The fourth-order valence-corrected chi connectivity index (χ4v) is 2.72. The van der Waals surface area contributed by atoms with E-state index in [9.17, 15) is 4.79 Å². The Morgan fingerprint density at radius 3 is 2.86 bits per heavy atom. The highest BCUT2D eigenvalue weighted by Crippen LogP contribution is 2.33. The lowest BCUT2D eigenvalue weighted by Crippen LogP contribution is -1.92. The number of hydrogen-bond acceptors (Lipinski definition) is 3. The third kappa shape index (κ3) is 2.67. The highest BCUT2D eigenvalue weighted by Gasteiger charge is 2.09. The first-order valence-corrected chi connectivity index (χ1v) is 7.24. The summed E-state index contributed by atoms with van der Waals surface area (Å²) in [5.74, 6) is 1.42. The molecule has 0 aliphatic rings. The van der Waals surface area contributed by atoms with E-state index in [1.165, 1.54) is 0 Å². The normalized spacial score (nSPS) is 10.6. The molecule has 3 aromatic rings. The van der Waals surface area contributed by atoms with Gasteiger partial charge in [0, 0.05) is 33.2 Å². The number of nitrogens with zero attached hydrogens (tertiary/aromatic N) is 1. The van der Waals surface area contributed by atoms with Crippen molar-refractivity contribution in [2.24, 2.45) is 0 Å². The van der Waals surface area contributed by atoms with Crippen molar-refractivity contribution in [3.8, 4) is 11.5 Å². The van der Waals surface area contributed by atoms with E-state index >= 15 is 0 Å². The maximum Gasteiger partial charge on any atom is 0.151 e. The number of hydrogen-bond donors (Lipinski definition) is 0. The Kier molecular flexibility index (Phi) is 3.71. The lowest BCUT2D eigenvalue weighted by atomic mass is 10.1. The van der Waals surface area contributed by atoms with Crippen LogP contribution in [-0.4, -0.2) is 11.3 Å². The summed E-state index contributed by atoms with van der Waals surface area (Å²) in [6.45, 7) is 1.95. The molecule has 0 radical (unpaired) electrons. The monoisotopic (exact) mass is 341 g/mol. The fourth-order valence-electron chi connectivity index (χ4n) is 2.17. The van der Waals surface area contributed by atoms with Gasteiger partial charge >= 0.3 is 0 Å². The average molecular weight is 342 g/mol. The first-order valence-electron chi connectivity index (χ1n) is 6.45. The average Bonchev–Trinajstić information content (AvgIpc) is 2.50. The van der Waals surface area contributed by atoms with Gasteiger partial charge in [-0.3, -0.25) is 9.78 Å². The van der Waals surface area contributed by atoms with Crippen LogP contribution in [0.5, 0.6) is 11.5 Å². The van der Waals surface area contributed by atoms with Crippen LogP contribution in [-0.2, 0) is 0 Å². The SMILES string of the molecule is Cc1cc(Br)c(C=O)cc1Oc1cccc2cnccc12. The number of aryl methyl sites for hydroxylation is 1. The molecule has 0 aliphatic heterocycles. The van der Waals surface area contributed by atoms with E-state index in [1.807, 2.05) is 37.3 Å². The Morgan fingerprint density at radius 1 is 1.19 bits per heavy atom. The first-order chi connectivity index (χ1) is 10.2. The number of fused-ring (bicyclic) bond motifs is 1. The number of rotatable bonds is 3. The second-order valence-corrected chi connectivity index (χ2v) is 5.57. The molecule has 104 valence electrons. The molecule has 0 saturated heterocycles. The van der Waals surface area contributed by atoms with Crippen molar-refractivity contribution in [1.82, 2.24) is 4.98 Å². The number of ether oxygens (including phenoxy) is 1. The lowest BCUT2D eigenvalue weighted by Gasteiger charge is -2.12. The van der Waals surface area contributed by atoms with Crippen LogP contribution in [0.4, 0.5) is 0 Å². The molecule has 21 heavy (non-hydrogen) atoms. The van der Waals surface area contributed by atoms with Crippen molar-refractivity contribution < 1.29 is 9.53 Å². The summed E-state index contributed by atoms with van der Waals surface area (Å²) in [4.78, 5) is 15.2. The lowest BCUT2D eigenvalue weighted by molar-refractivity contribution is 0.112. The Bertz CT molecular complexity index is 825. The topological polar surface area (TPSA) is 39.2 Å². The number of carbonyl (C=O) groups is 1. The summed E-state index contributed by atoms with van der Waals surface area (Å²) < 4.78 is 6.78. The minimum Gasteiger partial charge on any atom is -0.456 e. The van der Waals surface area contributed by atoms with Crippen molar-refractivity contribution in [1.29, 1.82) is 0 Å². The van der Waals surface area contributed by atoms with Crippen LogP contribution in [0.1, 0.15) is 15.9 Å². The number of benzene rings is 2. The molecule has 0 bridgehead atoms. The molecule has 0 amide bonds. The van der Waals surface area contributed by atoms with Crippen LogP contribution in [0.25, 0.3) is 10.8 Å². The second kappa shape index (κ2) is 5.66. The summed E-state index contributed by atoms with van der Waals surface area (Å²) in [5, 5.41) is 2.00. The van der Waals surface area contributed by atoms with Gasteiger partial charge < -0.3 is 4.74 Å². The number of pyridine rings is 1. The molecule has 2 aromatic carbocycles. The number of aromatic nitrogens is 1. The standard InChI is InChI=1S/C17H12BrNO2/c1-11-7-15(18)13(10-20)8-17(11)21-16-4-2-3-12-9-19-6-5-14(12)16/h2-10H,1H3. The van der Waals surface area contributed by atoms with Crippen LogP contribution in [0.2, 0.25) is 0 Å². The van der Waals surface area contributed by atoms with Gasteiger partial charge in [0.25, 0.3) is 0 Å². The maximum atomic E-state index is 11.1. The van der Waals surface area contributed by atoms with Gasteiger partial charge in [-0.05, 0) is 36.8 Å². The Labute approximate surface area is 130 Å².